The minimum atomic E-state index is -0.992. The van der Waals surface area contributed by atoms with Crippen LogP contribution >= 0.6 is 0 Å². The van der Waals surface area contributed by atoms with Crippen molar-refractivity contribution in [3.63, 3.8) is 0 Å². The highest BCUT2D eigenvalue weighted by Crippen LogP contribution is 2.40. The van der Waals surface area contributed by atoms with Gasteiger partial charge in [-0.15, -0.1) is 0 Å². The monoisotopic (exact) mass is 272 g/mol. The molecule has 19 heavy (non-hydrogen) atoms. The molecule has 2 heteroatoms. The van der Waals surface area contributed by atoms with Gasteiger partial charge >= 0.3 is 0 Å². The van der Waals surface area contributed by atoms with E-state index in [1.165, 1.54) is 29.5 Å². The van der Waals surface area contributed by atoms with Crippen LogP contribution in [0.25, 0.3) is 12.2 Å². The summed E-state index contributed by atoms with van der Waals surface area (Å²) in [6.07, 6.45) is 7.47. The molecule has 1 heterocycles. The zero-order valence-electron chi connectivity index (χ0n) is 12.1. The minimum absolute atomic E-state index is 0.0270. The summed E-state index contributed by atoms with van der Waals surface area (Å²) in [4.78, 5) is 0. The Bertz CT molecular complexity index is 470. The van der Waals surface area contributed by atoms with Gasteiger partial charge in [-0.25, -0.2) is 0 Å². The van der Waals surface area contributed by atoms with Gasteiger partial charge in [-0.05, 0) is 42.0 Å². The van der Waals surface area contributed by atoms with Gasteiger partial charge in [0, 0.05) is 6.61 Å². The quantitative estimate of drug-likeness (QED) is 0.738. The lowest BCUT2D eigenvalue weighted by atomic mass is 9.94. The second-order valence-corrected chi connectivity index (χ2v) is 8.85. The molecule has 1 aliphatic heterocycles. The molecule has 2 rings (SSSR count). The Kier molecular flexibility index (Phi) is 4.43. The van der Waals surface area contributed by atoms with Crippen molar-refractivity contribution in [2.45, 2.75) is 37.6 Å². The van der Waals surface area contributed by atoms with Crippen LogP contribution in [-0.2, 0) is 9.96 Å². The molecule has 0 N–H and O–H groups in total. The van der Waals surface area contributed by atoms with E-state index in [-0.39, 0.29) is 5.22 Å². The molecule has 1 aromatic rings. The van der Waals surface area contributed by atoms with Crippen LogP contribution in [0, 0.1) is 0 Å². The Morgan fingerprint density at radius 1 is 1.21 bits per heavy atom. The topological polar surface area (TPSA) is 9.23 Å². The maximum atomic E-state index is 6.33. The molecule has 0 amide bonds. The molecule has 1 saturated heterocycles. The van der Waals surface area contributed by atoms with Gasteiger partial charge < -0.3 is 4.74 Å². The largest absolute Gasteiger partial charge is 0.374 e. The van der Waals surface area contributed by atoms with E-state index in [4.69, 9.17) is 4.74 Å². The molecule has 0 radical (unpaired) electrons. The first-order valence-corrected chi connectivity index (χ1v) is 10.1. The summed E-state index contributed by atoms with van der Waals surface area (Å²) in [5, 5.41) is -0.0270. The van der Waals surface area contributed by atoms with Gasteiger partial charge in [0.1, 0.15) is 0 Å². The van der Waals surface area contributed by atoms with E-state index >= 15 is 0 Å². The van der Waals surface area contributed by atoms with Crippen molar-refractivity contribution in [1.29, 1.82) is 0 Å². The van der Waals surface area contributed by atoms with Crippen LogP contribution in [0.2, 0.25) is 13.1 Å². The van der Waals surface area contributed by atoms with Gasteiger partial charge in [-0.3, -0.25) is 0 Å². The molecule has 0 bridgehead atoms. The molecular weight excluding hydrogens is 248 g/mol. The van der Waals surface area contributed by atoms with Gasteiger partial charge in [0.25, 0.3) is 0 Å². The first kappa shape index (κ1) is 14.3. The lowest BCUT2D eigenvalue weighted by Gasteiger charge is -2.42. The first-order valence-electron chi connectivity index (χ1n) is 7.17. The molecule has 0 saturated carbocycles. The molecule has 1 aromatic carbocycles. The second-order valence-electron chi connectivity index (χ2n) is 5.60. The van der Waals surface area contributed by atoms with Crippen molar-refractivity contribution in [2.24, 2.45) is 0 Å². The van der Waals surface area contributed by atoms with Crippen molar-refractivity contribution < 1.29 is 4.74 Å². The van der Waals surface area contributed by atoms with Crippen molar-refractivity contribution in [3.05, 3.63) is 48.0 Å². The minimum Gasteiger partial charge on any atom is -0.374 e. The van der Waals surface area contributed by atoms with Crippen LogP contribution in [0.15, 0.2) is 31.4 Å². The number of ether oxygens (including phenoxy) is 1. The van der Waals surface area contributed by atoms with E-state index < -0.39 is 8.80 Å². The zero-order valence-corrected chi connectivity index (χ0v) is 13.3. The van der Waals surface area contributed by atoms with Crippen molar-refractivity contribution in [1.82, 2.24) is 0 Å². The predicted molar refractivity (Wildman–Crippen MR) is 87.0 cm³/mol. The smallest absolute Gasteiger partial charge is 0.0793 e. The van der Waals surface area contributed by atoms with Crippen LogP contribution in [0.3, 0.4) is 0 Å². The predicted octanol–water partition coefficient (Wildman–Crippen LogP) is 4.39. The van der Waals surface area contributed by atoms with E-state index in [0.29, 0.717) is 0 Å². The first-order chi connectivity index (χ1) is 9.14. The summed E-state index contributed by atoms with van der Waals surface area (Å²) in [6.45, 7) is 13.5. The Morgan fingerprint density at radius 2 is 2.00 bits per heavy atom. The van der Waals surface area contributed by atoms with Gasteiger partial charge in [0.2, 0.25) is 0 Å². The van der Waals surface area contributed by atoms with E-state index in [1.807, 2.05) is 12.2 Å². The fourth-order valence-electron chi connectivity index (χ4n) is 3.04. The summed E-state index contributed by atoms with van der Waals surface area (Å²) in [6, 6.07) is 6.50. The molecule has 1 aliphatic rings. The normalized spacial score (nSPS) is 23.3. The number of hydrogen-bond donors (Lipinski definition) is 0. The van der Waals surface area contributed by atoms with Gasteiger partial charge in [0.05, 0.1) is 14.0 Å². The van der Waals surface area contributed by atoms with Crippen LogP contribution in [0.1, 0.15) is 36.0 Å². The van der Waals surface area contributed by atoms with Crippen LogP contribution in [-0.4, -0.2) is 15.4 Å². The average molecular weight is 272 g/mol. The van der Waals surface area contributed by atoms with Crippen LogP contribution in [0.4, 0.5) is 0 Å². The number of rotatable bonds is 4. The highest BCUT2D eigenvalue weighted by Gasteiger charge is 2.40. The zero-order chi connectivity index (χ0) is 13.9. The maximum absolute atomic E-state index is 6.33. The van der Waals surface area contributed by atoms with Gasteiger partial charge in [0.15, 0.2) is 0 Å². The number of benzene rings is 1. The molecule has 0 aliphatic carbocycles. The van der Waals surface area contributed by atoms with E-state index in [1.54, 1.807) is 0 Å². The molecular formula is C17H24OSi. The summed E-state index contributed by atoms with van der Waals surface area (Å²) in [5.74, 6) is 0. The molecule has 1 nitrogen and oxygen atoms in total. The summed E-state index contributed by atoms with van der Waals surface area (Å²) < 4.78 is 6.33. The molecule has 0 spiro atoms. The van der Waals surface area contributed by atoms with Crippen LogP contribution < -0.4 is 0 Å². The van der Waals surface area contributed by atoms with Crippen molar-refractivity contribution in [3.8, 4) is 0 Å². The Balaban J connectivity index is 2.57. The fraction of sp³-hybridized carbons (Fsp3) is 0.412. The van der Waals surface area contributed by atoms with Gasteiger partial charge in [-0.1, -0.05) is 50.5 Å². The molecule has 102 valence electrons. The lowest BCUT2D eigenvalue weighted by molar-refractivity contribution is -0.0265. The standard InChI is InChI=1S/C17H24OSi/c1-5-14-9-10-15(6-2)16(13-14)17(19(3)4)11-7-8-12-18-17/h5-6,9-10,13,19H,1-2,7-8,11-12H2,3-4H3. The molecule has 1 fully saturated rings. The molecule has 1 atom stereocenters. The number of hydrogen-bond acceptors (Lipinski definition) is 1. The average Bonchev–Trinajstić information content (AvgIpc) is 2.47. The van der Waals surface area contributed by atoms with Gasteiger partial charge in [-0.2, -0.15) is 0 Å². The summed E-state index contributed by atoms with van der Waals surface area (Å²) in [5.41, 5.74) is 3.72. The fourth-order valence-corrected chi connectivity index (χ4v) is 5.14. The third-order valence-electron chi connectivity index (χ3n) is 4.22. The van der Waals surface area contributed by atoms with E-state index in [2.05, 4.69) is 44.5 Å². The Hall–Kier alpha value is -1.12. The lowest BCUT2D eigenvalue weighted by Crippen LogP contribution is -2.45. The third kappa shape index (κ3) is 2.60. The highest BCUT2D eigenvalue weighted by molar-refractivity contribution is 6.59. The third-order valence-corrected chi connectivity index (χ3v) is 6.86. The van der Waals surface area contributed by atoms with Crippen molar-refractivity contribution in [2.75, 3.05) is 6.61 Å². The summed E-state index contributed by atoms with van der Waals surface area (Å²) >= 11 is 0. The highest BCUT2D eigenvalue weighted by atomic mass is 28.3. The molecule has 1 unspecified atom stereocenters. The summed E-state index contributed by atoms with van der Waals surface area (Å²) in [7, 11) is -0.992. The maximum Gasteiger partial charge on any atom is 0.0793 e. The Morgan fingerprint density at radius 3 is 2.53 bits per heavy atom. The van der Waals surface area contributed by atoms with E-state index in [9.17, 15) is 0 Å². The molecule has 0 aromatic heterocycles. The second kappa shape index (κ2) is 5.89. The van der Waals surface area contributed by atoms with Crippen molar-refractivity contribution >= 4 is 20.9 Å². The SMILES string of the molecule is C=Cc1ccc(C=C)c(C2([SiH](C)C)CCCCO2)c1. The Labute approximate surface area is 118 Å². The van der Waals surface area contributed by atoms with E-state index in [0.717, 1.165) is 13.0 Å². The van der Waals surface area contributed by atoms with Crippen LogP contribution in [0.5, 0.6) is 0 Å².